The molecule has 0 amide bonds. The van der Waals surface area contributed by atoms with Crippen LogP contribution in [0.4, 0.5) is 0 Å². The Labute approximate surface area is 96.1 Å². The first-order chi connectivity index (χ1) is 7.70. The number of aromatic nitrogens is 1. The normalized spacial score (nSPS) is 11.3. The average Bonchev–Trinajstić information content (AvgIpc) is 2.59. The van der Waals surface area contributed by atoms with Gasteiger partial charge in [0.25, 0.3) is 0 Å². The van der Waals surface area contributed by atoms with Crippen molar-refractivity contribution in [3.63, 3.8) is 0 Å². The van der Waals surface area contributed by atoms with Gasteiger partial charge in [-0.2, -0.15) is 4.73 Å². The van der Waals surface area contributed by atoms with E-state index in [9.17, 15) is 10.3 Å². The lowest BCUT2D eigenvalue weighted by Crippen LogP contribution is -1.97. The summed E-state index contributed by atoms with van der Waals surface area (Å²) in [4.78, 5) is 0. The van der Waals surface area contributed by atoms with Crippen molar-refractivity contribution in [1.29, 1.82) is 0 Å². The van der Waals surface area contributed by atoms with E-state index in [-0.39, 0.29) is 16.3 Å². The monoisotopic (exact) mass is 232 g/mol. The highest BCUT2D eigenvalue weighted by Crippen LogP contribution is 2.35. The lowest BCUT2D eigenvalue weighted by molar-refractivity contribution is -0.266. The minimum atomic E-state index is -0.349. The van der Waals surface area contributed by atoms with Crippen molar-refractivity contribution in [2.75, 3.05) is 0 Å². The van der Waals surface area contributed by atoms with Crippen LogP contribution < -0.4 is 5.11 Å². The number of hydrogen-bond donors (Lipinski definition) is 1. The van der Waals surface area contributed by atoms with E-state index in [0.717, 1.165) is 10.1 Å². The topological polar surface area (TPSA) is 48.2 Å². The highest BCUT2D eigenvalue weighted by atomic mass is 35.5. The van der Waals surface area contributed by atoms with Gasteiger partial charge in [0.1, 0.15) is 0 Å². The zero-order chi connectivity index (χ0) is 11.3. The van der Waals surface area contributed by atoms with Gasteiger partial charge in [-0.1, -0.05) is 41.6 Å². The van der Waals surface area contributed by atoms with Crippen LogP contribution >= 0.6 is 11.6 Å². The molecule has 0 unspecified atom stereocenters. The number of benzene rings is 2. The molecule has 3 rings (SSSR count). The summed E-state index contributed by atoms with van der Waals surface area (Å²) in [5.74, 6) is -0.349. The van der Waals surface area contributed by atoms with Crippen molar-refractivity contribution in [3.05, 3.63) is 41.4 Å². The van der Waals surface area contributed by atoms with Gasteiger partial charge in [-0.05, 0) is 12.1 Å². The molecule has 0 saturated carbocycles. The number of para-hydroxylation sites is 1. The molecular formula is C12H7ClNO2-. The fraction of sp³-hybridized carbons (Fsp3) is 0. The van der Waals surface area contributed by atoms with E-state index in [1.807, 2.05) is 12.1 Å². The standard InChI is InChI=1S/C12H8ClNO2/c13-9-6-5-8-7-3-1-2-4-10(7)14(16)11(8)12(9)15/h1-6,15-16H/p-1. The molecule has 4 heteroatoms. The van der Waals surface area contributed by atoms with E-state index in [4.69, 9.17) is 11.6 Å². The Morgan fingerprint density at radius 3 is 2.62 bits per heavy atom. The minimum Gasteiger partial charge on any atom is -0.870 e. The van der Waals surface area contributed by atoms with Crippen LogP contribution in [0.3, 0.4) is 0 Å². The maximum absolute atomic E-state index is 11.8. The zero-order valence-electron chi connectivity index (χ0n) is 8.14. The van der Waals surface area contributed by atoms with E-state index < -0.39 is 0 Å². The lowest BCUT2D eigenvalue weighted by Gasteiger charge is -2.10. The Morgan fingerprint density at radius 1 is 1.06 bits per heavy atom. The number of nitrogens with zero attached hydrogens (tertiary/aromatic N) is 1. The second-order valence-corrected chi connectivity index (χ2v) is 4.01. The van der Waals surface area contributed by atoms with Crippen LogP contribution in [0.25, 0.3) is 21.8 Å². The van der Waals surface area contributed by atoms with E-state index in [1.165, 1.54) is 0 Å². The molecule has 2 aromatic carbocycles. The number of rotatable bonds is 0. The summed E-state index contributed by atoms with van der Waals surface area (Å²) >= 11 is 5.75. The van der Waals surface area contributed by atoms with Crippen LogP contribution in [0.5, 0.6) is 5.75 Å². The average molecular weight is 233 g/mol. The second kappa shape index (κ2) is 3.06. The molecular weight excluding hydrogens is 226 g/mol. The summed E-state index contributed by atoms with van der Waals surface area (Å²) in [7, 11) is 0. The highest BCUT2D eigenvalue weighted by Gasteiger charge is 2.10. The summed E-state index contributed by atoms with van der Waals surface area (Å²) in [6, 6.07) is 10.6. The second-order valence-electron chi connectivity index (χ2n) is 3.60. The van der Waals surface area contributed by atoms with E-state index in [0.29, 0.717) is 10.9 Å². The third kappa shape index (κ3) is 1.03. The number of fused-ring (bicyclic) bond motifs is 3. The molecule has 0 aliphatic carbocycles. The zero-order valence-corrected chi connectivity index (χ0v) is 8.90. The largest absolute Gasteiger partial charge is 0.870 e. The summed E-state index contributed by atoms with van der Waals surface area (Å²) in [6.07, 6.45) is 0. The Hall–Kier alpha value is -1.87. The van der Waals surface area contributed by atoms with Crippen LogP contribution in [-0.4, -0.2) is 9.94 Å². The van der Waals surface area contributed by atoms with Gasteiger partial charge < -0.3 is 10.3 Å². The van der Waals surface area contributed by atoms with Gasteiger partial charge in [0.2, 0.25) is 0 Å². The highest BCUT2D eigenvalue weighted by molar-refractivity contribution is 6.33. The fourth-order valence-corrected chi connectivity index (χ4v) is 2.13. The third-order valence-electron chi connectivity index (χ3n) is 2.72. The predicted molar refractivity (Wildman–Crippen MR) is 61.1 cm³/mol. The first-order valence-electron chi connectivity index (χ1n) is 4.78. The van der Waals surface area contributed by atoms with Crippen LogP contribution in [0.1, 0.15) is 0 Å². The third-order valence-corrected chi connectivity index (χ3v) is 3.02. The molecule has 0 bridgehead atoms. The maximum atomic E-state index is 11.8. The minimum absolute atomic E-state index is 0.116. The summed E-state index contributed by atoms with van der Waals surface area (Å²) in [6.45, 7) is 0. The van der Waals surface area contributed by atoms with E-state index in [2.05, 4.69) is 0 Å². The predicted octanol–water partition coefficient (Wildman–Crippen LogP) is 2.76. The van der Waals surface area contributed by atoms with Crippen molar-refractivity contribution in [2.45, 2.75) is 0 Å². The van der Waals surface area contributed by atoms with Gasteiger partial charge >= 0.3 is 0 Å². The van der Waals surface area contributed by atoms with Gasteiger partial charge in [0, 0.05) is 15.8 Å². The lowest BCUT2D eigenvalue weighted by atomic mass is 10.1. The first-order valence-corrected chi connectivity index (χ1v) is 5.16. The molecule has 0 fully saturated rings. The fourth-order valence-electron chi connectivity index (χ4n) is 1.98. The van der Waals surface area contributed by atoms with Gasteiger partial charge in [-0.15, -0.1) is 0 Å². The Kier molecular flexibility index (Phi) is 1.79. The van der Waals surface area contributed by atoms with Crippen molar-refractivity contribution in [2.24, 2.45) is 0 Å². The van der Waals surface area contributed by atoms with Gasteiger partial charge in [0.15, 0.2) is 0 Å². The van der Waals surface area contributed by atoms with Crippen LogP contribution in [-0.2, 0) is 0 Å². The Bertz CT molecular complexity index is 703. The number of halogens is 1. The van der Waals surface area contributed by atoms with Crippen LogP contribution in [0, 0.1) is 0 Å². The van der Waals surface area contributed by atoms with E-state index >= 15 is 0 Å². The molecule has 80 valence electrons. The molecule has 3 aromatic rings. The summed E-state index contributed by atoms with van der Waals surface area (Å²) in [5.41, 5.74) is 0.838. The summed E-state index contributed by atoms with van der Waals surface area (Å²) < 4.78 is 0.902. The molecule has 0 saturated heterocycles. The van der Waals surface area contributed by atoms with Crippen molar-refractivity contribution >= 4 is 33.4 Å². The van der Waals surface area contributed by atoms with Gasteiger partial charge in [-0.25, -0.2) is 0 Å². The first kappa shape index (κ1) is 9.36. The molecule has 0 aliphatic heterocycles. The van der Waals surface area contributed by atoms with E-state index in [1.54, 1.807) is 24.3 Å². The van der Waals surface area contributed by atoms with Gasteiger partial charge in [0.05, 0.1) is 11.0 Å². The van der Waals surface area contributed by atoms with Crippen LogP contribution in [0.15, 0.2) is 36.4 Å². The summed E-state index contributed by atoms with van der Waals surface area (Å²) in [5, 5.41) is 23.4. The molecule has 0 aliphatic rings. The quantitative estimate of drug-likeness (QED) is 0.606. The van der Waals surface area contributed by atoms with Gasteiger partial charge in [-0.3, -0.25) is 0 Å². The Morgan fingerprint density at radius 2 is 1.81 bits per heavy atom. The smallest absolute Gasteiger partial charge is 0.0878 e. The van der Waals surface area contributed by atoms with Crippen molar-refractivity contribution < 1.29 is 10.3 Å². The molecule has 1 heterocycles. The van der Waals surface area contributed by atoms with Crippen molar-refractivity contribution in [3.8, 4) is 5.75 Å². The molecule has 3 nitrogen and oxygen atoms in total. The maximum Gasteiger partial charge on any atom is 0.0878 e. The molecule has 0 atom stereocenters. The Balaban J connectivity index is 2.67. The van der Waals surface area contributed by atoms with Crippen LogP contribution in [0.2, 0.25) is 5.02 Å². The molecule has 0 radical (unpaired) electrons. The SMILES string of the molecule is [O-]c1c(Cl)ccc2c3ccccc3n(O)c12. The van der Waals surface area contributed by atoms with Crippen molar-refractivity contribution in [1.82, 2.24) is 4.73 Å². The number of hydrogen-bond acceptors (Lipinski definition) is 2. The molecule has 1 aromatic heterocycles. The molecule has 16 heavy (non-hydrogen) atoms. The molecule has 0 spiro atoms. The molecule has 1 N–H and O–H groups in total.